The summed E-state index contributed by atoms with van der Waals surface area (Å²) in [5, 5.41) is 0. The summed E-state index contributed by atoms with van der Waals surface area (Å²) in [6.45, 7) is 21.9. The molecule has 0 radical (unpaired) electrons. The number of allylic oxidation sites excluding steroid dienone is 22. The van der Waals surface area contributed by atoms with Gasteiger partial charge in [0.25, 0.3) is 0 Å². The molecule has 0 aromatic heterocycles. The van der Waals surface area contributed by atoms with Crippen LogP contribution in [0.2, 0.25) is 0 Å². The molecule has 0 fully saturated rings. The van der Waals surface area contributed by atoms with Gasteiger partial charge in [0, 0.05) is 0 Å². The lowest BCUT2D eigenvalue weighted by molar-refractivity contribution is 0.918. The third-order valence-electron chi connectivity index (χ3n) is 6.55. The molecule has 0 heteroatoms. The summed E-state index contributed by atoms with van der Waals surface area (Å²) in [5.74, 6) is 0. The lowest BCUT2D eigenvalue weighted by atomic mass is 10.1. The number of hydrogen-bond donors (Lipinski definition) is 0. The van der Waals surface area contributed by atoms with Crippen LogP contribution in [0.4, 0.5) is 0 Å². The fraction of sp³-hybridized carbons (Fsp3) is 0.450. The van der Waals surface area contributed by atoms with Gasteiger partial charge < -0.3 is 0 Å². The molecular weight excluding hydrogens is 480 g/mol. The van der Waals surface area contributed by atoms with Gasteiger partial charge in [0.2, 0.25) is 0 Å². The van der Waals surface area contributed by atoms with E-state index in [9.17, 15) is 0 Å². The summed E-state index contributed by atoms with van der Waals surface area (Å²) in [6.07, 6.45) is 40.3. The molecule has 0 amide bonds. The molecule has 220 valence electrons. The van der Waals surface area contributed by atoms with Crippen molar-refractivity contribution in [3.05, 3.63) is 130 Å². The van der Waals surface area contributed by atoms with Crippen LogP contribution < -0.4 is 0 Å². The lowest BCUT2D eigenvalue weighted by Crippen LogP contribution is -1.80. The van der Waals surface area contributed by atoms with Crippen LogP contribution >= 0.6 is 0 Å². The first-order valence-corrected chi connectivity index (χ1v) is 15.3. The van der Waals surface area contributed by atoms with E-state index < -0.39 is 0 Å². The molecule has 0 N–H and O–H groups in total. The van der Waals surface area contributed by atoms with E-state index in [-0.39, 0.29) is 0 Å². The van der Waals surface area contributed by atoms with Crippen molar-refractivity contribution in [3.8, 4) is 0 Å². The van der Waals surface area contributed by atoms with Gasteiger partial charge in [-0.15, -0.1) is 0 Å². The highest BCUT2D eigenvalue weighted by atomic mass is 14.0. The monoisotopic (exact) mass is 540 g/mol. The maximum atomic E-state index is 2.40. The first kappa shape index (κ1) is 37.1. The normalized spacial score (nSPS) is 14.7. The Kier molecular flexibility index (Phi) is 22.3. The molecule has 0 aliphatic carbocycles. The van der Waals surface area contributed by atoms with Crippen molar-refractivity contribution in [3.63, 3.8) is 0 Å². The molecule has 0 aromatic carbocycles. The van der Waals surface area contributed by atoms with Gasteiger partial charge in [-0.3, -0.25) is 0 Å². The Morgan fingerprint density at radius 2 is 0.675 bits per heavy atom. The van der Waals surface area contributed by atoms with Crippen molar-refractivity contribution in [2.75, 3.05) is 0 Å². The van der Waals surface area contributed by atoms with Crippen molar-refractivity contribution in [1.82, 2.24) is 0 Å². The fourth-order valence-electron chi connectivity index (χ4n) is 3.89. The minimum atomic E-state index is 1.12. The largest absolute Gasteiger partial charge is 0.0856 e. The van der Waals surface area contributed by atoms with E-state index in [0.29, 0.717) is 0 Å². The first-order chi connectivity index (χ1) is 19.0. The average Bonchev–Trinajstić information content (AvgIpc) is 2.86. The van der Waals surface area contributed by atoms with E-state index in [1.54, 1.807) is 0 Å². The third kappa shape index (κ3) is 25.4. The zero-order valence-corrected chi connectivity index (χ0v) is 27.7. The maximum Gasteiger partial charge on any atom is -0.0285 e. The van der Waals surface area contributed by atoms with Crippen molar-refractivity contribution < 1.29 is 0 Å². The Bertz CT molecular complexity index is 967. The minimum Gasteiger partial charge on any atom is -0.0856 e. The third-order valence-corrected chi connectivity index (χ3v) is 6.55. The fourth-order valence-corrected chi connectivity index (χ4v) is 3.89. The quantitative estimate of drug-likeness (QED) is 0.120. The van der Waals surface area contributed by atoms with Crippen LogP contribution in [-0.2, 0) is 0 Å². The Balaban J connectivity index is 4.51. The zero-order valence-electron chi connectivity index (χ0n) is 27.7. The molecule has 0 heterocycles. The van der Waals surface area contributed by atoms with Crippen molar-refractivity contribution in [2.45, 2.75) is 121 Å². The number of rotatable bonds is 18. The molecule has 0 saturated carbocycles. The Labute approximate surface area is 249 Å². The summed E-state index contributed by atoms with van der Waals surface area (Å²) in [7, 11) is 0. The van der Waals surface area contributed by atoms with Gasteiger partial charge in [-0.25, -0.2) is 0 Å². The minimum absolute atomic E-state index is 1.12. The van der Waals surface area contributed by atoms with E-state index in [2.05, 4.69) is 154 Å². The van der Waals surface area contributed by atoms with Crippen molar-refractivity contribution >= 4 is 0 Å². The summed E-state index contributed by atoms with van der Waals surface area (Å²) in [6, 6.07) is 0. The highest BCUT2D eigenvalue weighted by molar-refractivity contribution is 5.30. The van der Waals surface area contributed by atoms with E-state index in [1.165, 1.54) is 57.4 Å². The first-order valence-electron chi connectivity index (χ1n) is 15.3. The van der Waals surface area contributed by atoms with Crippen molar-refractivity contribution in [1.29, 1.82) is 0 Å². The Hall–Kier alpha value is -2.86. The highest BCUT2D eigenvalue weighted by Gasteiger charge is 1.92. The average molecular weight is 541 g/mol. The predicted octanol–water partition coefficient (Wildman–Crippen LogP) is 13.4. The van der Waals surface area contributed by atoms with Gasteiger partial charge in [0.1, 0.15) is 0 Å². The smallest absolute Gasteiger partial charge is 0.0285 e. The number of hydrogen-bond acceptors (Lipinski definition) is 0. The summed E-state index contributed by atoms with van der Waals surface area (Å²) < 4.78 is 0. The van der Waals surface area contributed by atoms with Gasteiger partial charge in [0.05, 0.1) is 0 Å². The molecular formula is C40H60. The van der Waals surface area contributed by atoms with E-state index in [1.807, 2.05) is 0 Å². The van der Waals surface area contributed by atoms with Gasteiger partial charge in [-0.05, 0) is 121 Å². The van der Waals surface area contributed by atoms with Crippen LogP contribution in [0, 0.1) is 0 Å². The van der Waals surface area contributed by atoms with Gasteiger partial charge in [-0.1, -0.05) is 130 Å². The second-order valence-corrected chi connectivity index (χ2v) is 11.8. The molecule has 0 aliphatic heterocycles. The maximum absolute atomic E-state index is 2.40. The van der Waals surface area contributed by atoms with Gasteiger partial charge in [0.15, 0.2) is 0 Å². The van der Waals surface area contributed by atoms with Crippen LogP contribution in [0.1, 0.15) is 121 Å². The predicted molar refractivity (Wildman–Crippen MR) is 186 cm³/mol. The van der Waals surface area contributed by atoms with Crippen LogP contribution in [0.15, 0.2) is 130 Å². The molecule has 0 saturated heterocycles. The molecule has 0 bridgehead atoms. The van der Waals surface area contributed by atoms with Crippen LogP contribution in [0.25, 0.3) is 0 Å². The standard InChI is InChI=1S/C40H60/c1-33(2)19-13-23-37(7)27-17-31-39(9)29-15-25-35(5)21-11-12-22-36(6)26-16-30-40(10)32-18-28-38(8)24-14-20-34(3)4/h11-12,15-16,19-22,25-30H,13-14,17-18,23-24,31-32H2,1-10H3/b12-11+,25-15+,26-16+,35-21+,36-22+,37-27-,38-28+,39-29+,40-30+. The van der Waals surface area contributed by atoms with E-state index in [0.717, 1.165) is 38.5 Å². The summed E-state index contributed by atoms with van der Waals surface area (Å²) in [5.41, 5.74) is 11.1. The van der Waals surface area contributed by atoms with Gasteiger partial charge >= 0.3 is 0 Å². The zero-order chi connectivity index (χ0) is 30.2. The van der Waals surface area contributed by atoms with E-state index >= 15 is 0 Å². The molecule has 0 aromatic rings. The van der Waals surface area contributed by atoms with Gasteiger partial charge in [-0.2, -0.15) is 0 Å². The molecule has 0 nitrogen and oxygen atoms in total. The molecule has 0 rings (SSSR count). The van der Waals surface area contributed by atoms with Crippen LogP contribution in [0.5, 0.6) is 0 Å². The van der Waals surface area contributed by atoms with E-state index in [4.69, 9.17) is 0 Å². The van der Waals surface area contributed by atoms with Crippen LogP contribution in [0.3, 0.4) is 0 Å². The molecule has 0 unspecified atom stereocenters. The lowest BCUT2D eigenvalue weighted by Gasteiger charge is -2.00. The topological polar surface area (TPSA) is 0 Å². The second-order valence-electron chi connectivity index (χ2n) is 11.8. The van der Waals surface area contributed by atoms with Crippen LogP contribution in [-0.4, -0.2) is 0 Å². The SMILES string of the molecule is CC(C)=CCC/C(C)=C\CC/C(C)=C/C=C/C(C)=C/C=C/C=C(C)/C=C/C=C(\C)CC/C=C(\C)CCC=C(C)C. The molecule has 0 aliphatic rings. The van der Waals surface area contributed by atoms with Crippen molar-refractivity contribution in [2.24, 2.45) is 0 Å². The summed E-state index contributed by atoms with van der Waals surface area (Å²) >= 11 is 0. The molecule has 40 heavy (non-hydrogen) atoms. The Morgan fingerprint density at radius 3 is 1.02 bits per heavy atom. The molecule has 0 atom stereocenters. The summed E-state index contributed by atoms with van der Waals surface area (Å²) in [4.78, 5) is 0. The Morgan fingerprint density at radius 1 is 0.350 bits per heavy atom. The molecule has 0 spiro atoms. The highest BCUT2D eigenvalue weighted by Crippen LogP contribution is 2.13. The second kappa shape index (κ2) is 24.0.